The van der Waals surface area contributed by atoms with Gasteiger partial charge in [0, 0.05) is 19.6 Å². The lowest BCUT2D eigenvalue weighted by molar-refractivity contribution is -0.142. The van der Waals surface area contributed by atoms with E-state index in [1.165, 1.54) is 27.8 Å². The Morgan fingerprint density at radius 1 is 0.848 bits per heavy atom. The van der Waals surface area contributed by atoms with Gasteiger partial charge < -0.3 is 14.9 Å². The molecule has 1 aliphatic heterocycles. The van der Waals surface area contributed by atoms with Crippen molar-refractivity contribution in [2.75, 3.05) is 19.8 Å². The average molecular weight is 457 g/mol. The van der Waals surface area contributed by atoms with Gasteiger partial charge in [-0.2, -0.15) is 0 Å². The normalized spacial score (nSPS) is 11.9. The average Bonchev–Trinajstić information content (AvgIpc) is 3.05. The van der Waals surface area contributed by atoms with E-state index in [-0.39, 0.29) is 19.2 Å². The first-order valence-corrected chi connectivity index (χ1v) is 10.7. The van der Waals surface area contributed by atoms with E-state index in [0.29, 0.717) is 13.0 Å². The summed E-state index contributed by atoms with van der Waals surface area (Å²) < 4.78 is 4.76. The summed E-state index contributed by atoms with van der Waals surface area (Å²) in [7, 11) is 0. The van der Waals surface area contributed by atoms with E-state index < -0.39 is 0 Å². The highest BCUT2D eigenvalue weighted by Gasteiger charge is 2.22. The molecule has 1 aliphatic carbocycles. The smallest absolute Gasteiger partial charge is 0.305 e. The summed E-state index contributed by atoms with van der Waals surface area (Å²) in [5.41, 5.74) is 7.06. The molecule has 2 aromatic carbocycles. The van der Waals surface area contributed by atoms with Crippen LogP contribution in [0.5, 0.6) is 0 Å². The van der Waals surface area contributed by atoms with Gasteiger partial charge in [-0.05, 0) is 66.8 Å². The second kappa shape index (κ2) is 19.3. The Morgan fingerprint density at radius 3 is 1.97 bits per heavy atom. The van der Waals surface area contributed by atoms with E-state index in [1.54, 1.807) is 0 Å². The number of hydrogen-bond donors (Lipinski definition) is 4. The molecule has 8 heteroatoms. The maximum atomic E-state index is 10.5. The number of esters is 1. The number of rotatable bonds is 3. The van der Waals surface area contributed by atoms with Crippen LogP contribution in [0.3, 0.4) is 0 Å². The molecule has 2 aliphatic rings. The zero-order valence-electron chi connectivity index (χ0n) is 18.9. The van der Waals surface area contributed by atoms with Gasteiger partial charge in [-0.25, -0.2) is 20.4 Å². The number of nitrogens with one attached hydrogen (secondary N) is 2. The minimum absolute atomic E-state index is 0.0255. The van der Waals surface area contributed by atoms with Crippen LogP contribution in [0, 0.1) is 17.7 Å². The first-order valence-electron chi connectivity index (χ1n) is 10.7. The fourth-order valence-corrected chi connectivity index (χ4v) is 3.15. The number of fused-ring (bicyclic) bond motifs is 4. The summed E-state index contributed by atoms with van der Waals surface area (Å²) in [6.07, 6.45) is 6.77. The van der Waals surface area contributed by atoms with Crippen LogP contribution in [0.25, 0.3) is 22.3 Å². The van der Waals surface area contributed by atoms with Gasteiger partial charge in [0.15, 0.2) is 0 Å². The predicted octanol–water partition coefficient (Wildman–Crippen LogP) is 4.30. The van der Waals surface area contributed by atoms with E-state index in [0.717, 1.165) is 44.3 Å². The van der Waals surface area contributed by atoms with E-state index in [9.17, 15) is 4.79 Å². The maximum Gasteiger partial charge on any atom is 0.305 e. The summed E-state index contributed by atoms with van der Waals surface area (Å²) in [6.45, 7) is 3.20. The van der Waals surface area contributed by atoms with Crippen LogP contribution in [-0.4, -0.2) is 48.2 Å². The van der Waals surface area contributed by atoms with Crippen molar-refractivity contribution in [3.63, 3.8) is 0 Å². The number of carbonyl (C=O) groups excluding carboxylic acids is 3. The molecule has 0 unspecified atom stereocenters. The Labute approximate surface area is 194 Å². The van der Waals surface area contributed by atoms with Crippen LogP contribution >= 0.6 is 0 Å². The van der Waals surface area contributed by atoms with Crippen LogP contribution in [0.2, 0.25) is 0 Å². The fraction of sp³-hybridized carbons (Fsp3) is 0.400. The Morgan fingerprint density at radius 2 is 1.39 bits per heavy atom. The number of cyclic esters (lactones) is 1. The number of aliphatic hydroxyl groups is 2. The topological polar surface area (TPSA) is 149 Å². The molecule has 4 N–H and O–H groups in total. The molecule has 0 radical (unpaired) electrons. The Balaban J connectivity index is 0.000000444. The Hall–Kier alpha value is -3.41. The number of hydrogen-bond acceptors (Lipinski definition) is 8. The number of isocyanates is 2. The van der Waals surface area contributed by atoms with Crippen molar-refractivity contribution in [1.82, 2.24) is 0 Å². The number of unbranched alkanes of at least 4 members (excludes halogenated alkanes) is 1. The van der Waals surface area contributed by atoms with Gasteiger partial charge in [-0.3, -0.25) is 4.79 Å². The number of benzene rings is 2. The van der Waals surface area contributed by atoms with Crippen molar-refractivity contribution in [2.45, 2.75) is 45.4 Å². The third-order valence-corrected chi connectivity index (χ3v) is 4.61. The molecule has 1 fully saturated rings. The molecule has 0 aromatic heterocycles. The summed E-state index contributed by atoms with van der Waals surface area (Å²) in [4.78, 5) is 27.2. The minimum Gasteiger partial charge on any atom is -0.466 e. The zero-order valence-corrected chi connectivity index (χ0v) is 18.9. The number of aryl methyl sites for hydroxylation is 1. The highest BCUT2D eigenvalue weighted by atomic mass is 16.5. The monoisotopic (exact) mass is 456 g/mol. The van der Waals surface area contributed by atoms with Gasteiger partial charge in [-0.1, -0.05) is 42.5 Å². The molecule has 8 nitrogen and oxygen atoms in total. The first kappa shape index (κ1) is 29.6. The van der Waals surface area contributed by atoms with Crippen molar-refractivity contribution in [2.24, 2.45) is 0 Å². The highest BCUT2D eigenvalue weighted by molar-refractivity contribution is 6.03. The van der Waals surface area contributed by atoms with Crippen LogP contribution in [0.4, 0.5) is 0 Å². The van der Waals surface area contributed by atoms with Crippen LogP contribution in [0.15, 0.2) is 42.5 Å². The quantitative estimate of drug-likeness (QED) is 0.200. The fourth-order valence-electron chi connectivity index (χ4n) is 3.15. The summed E-state index contributed by atoms with van der Waals surface area (Å²) in [5, 5.41) is 27.0. The molecule has 0 saturated carbocycles. The molecular formula is C25H32N2O6. The predicted molar refractivity (Wildman–Crippen MR) is 125 cm³/mol. The second-order valence-corrected chi connectivity index (χ2v) is 6.93. The summed E-state index contributed by atoms with van der Waals surface area (Å²) in [5.74, 6) is -0.0255. The molecule has 1 heterocycles. The minimum atomic E-state index is -0.0255. The van der Waals surface area contributed by atoms with Gasteiger partial charge in [0.25, 0.3) is 0 Å². The molecule has 0 bridgehead atoms. The Kier molecular flexibility index (Phi) is 17.3. The van der Waals surface area contributed by atoms with E-state index in [1.807, 2.05) is 0 Å². The molecule has 2 aromatic rings. The number of aliphatic hydroxyl groups excluding tert-OH is 2. The van der Waals surface area contributed by atoms with Gasteiger partial charge in [0.05, 0.1) is 6.61 Å². The van der Waals surface area contributed by atoms with E-state index in [2.05, 4.69) is 49.4 Å². The van der Waals surface area contributed by atoms with Gasteiger partial charge in [0.1, 0.15) is 0 Å². The van der Waals surface area contributed by atoms with Crippen molar-refractivity contribution in [3.05, 3.63) is 48.0 Å². The molecule has 0 spiro atoms. The molecule has 0 amide bonds. The number of carbonyl (C=O) groups is 1. The summed E-state index contributed by atoms with van der Waals surface area (Å²) >= 11 is 0. The maximum absolute atomic E-state index is 10.5. The van der Waals surface area contributed by atoms with Crippen molar-refractivity contribution in [3.8, 4) is 22.3 Å². The molecule has 0 atom stereocenters. The lowest BCUT2D eigenvalue weighted by atomic mass is 9.78. The van der Waals surface area contributed by atoms with Gasteiger partial charge in [-0.15, -0.1) is 0 Å². The largest absolute Gasteiger partial charge is 0.466 e. The Bertz CT molecular complexity index is 876. The third kappa shape index (κ3) is 11.7. The lowest BCUT2D eigenvalue weighted by Gasteiger charge is -2.25. The summed E-state index contributed by atoms with van der Waals surface area (Å²) in [6, 6.07) is 15.1. The number of ether oxygens (including phenoxy) is 1. The standard InChI is InChI=1S/C13H10.C6H10O2.C4H10O2.2CHNO/c1-9-5-4-8-12-10-6-2-3-7-11(10)13(9)12;7-6-4-2-1-3-5-8-6;5-3-1-2-4-6;2*2-1-3/h2-8H,1H3;1-5H2;5-6H,1-4H2;2*2H. The molecule has 1 saturated heterocycles. The zero-order chi connectivity index (χ0) is 24.9. The SMILES string of the molecule is Cc1cccc2c1-c1ccccc1-2.N=C=O.N=C=O.O=C1CCCCCO1.OCCCCO. The van der Waals surface area contributed by atoms with Crippen molar-refractivity contribution in [1.29, 1.82) is 10.8 Å². The van der Waals surface area contributed by atoms with Crippen LogP contribution in [-0.2, 0) is 19.1 Å². The molecule has 4 rings (SSSR count). The lowest BCUT2D eigenvalue weighted by Crippen LogP contribution is -2.00. The van der Waals surface area contributed by atoms with Crippen molar-refractivity contribution >= 4 is 18.1 Å². The van der Waals surface area contributed by atoms with Crippen LogP contribution in [0.1, 0.15) is 44.1 Å². The third-order valence-electron chi connectivity index (χ3n) is 4.61. The molecule has 178 valence electrons. The van der Waals surface area contributed by atoms with Crippen LogP contribution < -0.4 is 0 Å². The van der Waals surface area contributed by atoms with Crippen molar-refractivity contribution < 1.29 is 29.3 Å². The highest BCUT2D eigenvalue weighted by Crippen LogP contribution is 2.48. The van der Waals surface area contributed by atoms with Gasteiger partial charge in [0.2, 0.25) is 12.2 Å². The second-order valence-electron chi connectivity index (χ2n) is 6.93. The first-order chi connectivity index (χ1) is 16.0. The van der Waals surface area contributed by atoms with E-state index in [4.69, 9.17) is 35.4 Å². The molecular weight excluding hydrogens is 424 g/mol. The van der Waals surface area contributed by atoms with Gasteiger partial charge >= 0.3 is 5.97 Å². The molecule has 33 heavy (non-hydrogen) atoms. The van der Waals surface area contributed by atoms with E-state index >= 15 is 0 Å².